The predicted molar refractivity (Wildman–Crippen MR) is 113 cm³/mol. The van der Waals surface area contributed by atoms with Crippen molar-refractivity contribution in [2.45, 2.75) is 20.0 Å². The van der Waals surface area contributed by atoms with Gasteiger partial charge in [-0.15, -0.1) is 0 Å². The molecule has 3 aromatic rings. The number of benzene rings is 3. The standard InChI is InChI=1S/C25H15F5O5/c1-11-4-3-5-13(8-11)9-17-23(31)15-7-6-14(10-16(15)35-17)34-25(32)12(2)33-24-21(29)19(27)18(26)20(28)22(24)30/h3-10,12H,1-2H3/b17-9-. The monoisotopic (exact) mass is 490 g/mol. The first-order valence-corrected chi connectivity index (χ1v) is 10.1. The van der Waals surface area contributed by atoms with Crippen LogP contribution in [0.25, 0.3) is 6.08 Å². The lowest BCUT2D eigenvalue weighted by molar-refractivity contribution is -0.141. The lowest BCUT2D eigenvalue weighted by Crippen LogP contribution is -2.29. The van der Waals surface area contributed by atoms with E-state index in [1.807, 2.05) is 25.1 Å². The van der Waals surface area contributed by atoms with E-state index in [0.717, 1.165) is 18.1 Å². The minimum absolute atomic E-state index is 0.0529. The molecule has 0 bridgehead atoms. The van der Waals surface area contributed by atoms with Gasteiger partial charge in [0.25, 0.3) is 0 Å². The van der Waals surface area contributed by atoms with Crippen LogP contribution in [0.1, 0.15) is 28.4 Å². The van der Waals surface area contributed by atoms with Crippen LogP contribution in [0.4, 0.5) is 22.0 Å². The third-order valence-electron chi connectivity index (χ3n) is 5.00. The zero-order valence-electron chi connectivity index (χ0n) is 18.1. The lowest BCUT2D eigenvalue weighted by Gasteiger charge is -2.15. The molecule has 10 heteroatoms. The van der Waals surface area contributed by atoms with Crippen LogP contribution in [0.2, 0.25) is 0 Å². The van der Waals surface area contributed by atoms with E-state index in [-0.39, 0.29) is 28.6 Å². The van der Waals surface area contributed by atoms with Gasteiger partial charge in [0, 0.05) is 6.07 Å². The quantitative estimate of drug-likeness (QED) is 0.115. The first-order chi connectivity index (χ1) is 16.6. The molecule has 5 nitrogen and oxygen atoms in total. The molecule has 1 unspecified atom stereocenters. The van der Waals surface area contributed by atoms with Gasteiger partial charge in [-0.1, -0.05) is 29.8 Å². The molecule has 0 saturated carbocycles. The fourth-order valence-electron chi connectivity index (χ4n) is 3.25. The van der Waals surface area contributed by atoms with Crippen LogP contribution < -0.4 is 14.2 Å². The molecule has 0 aromatic heterocycles. The maximum atomic E-state index is 13.8. The van der Waals surface area contributed by atoms with E-state index < -0.39 is 46.9 Å². The van der Waals surface area contributed by atoms with Gasteiger partial charge in [0.2, 0.25) is 34.9 Å². The van der Waals surface area contributed by atoms with Gasteiger partial charge < -0.3 is 14.2 Å². The largest absolute Gasteiger partial charge is 0.473 e. The molecule has 3 aromatic carbocycles. The van der Waals surface area contributed by atoms with E-state index in [2.05, 4.69) is 4.74 Å². The van der Waals surface area contributed by atoms with E-state index in [4.69, 9.17) is 9.47 Å². The van der Waals surface area contributed by atoms with E-state index in [1.54, 1.807) is 12.1 Å². The summed E-state index contributed by atoms with van der Waals surface area (Å²) in [6, 6.07) is 11.2. The second kappa shape index (κ2) is 9.21. The van der Waals surface area contributed by atoms with Crippen molar-refractivity contribution in [3.05, 3.63) is 94.0 Å². The van der Waals surface area contributed by atoms with Gasteiger partial charge in [-0.05, 0) is 37.6 Å². The third-order valence-corrected chi connectivity index (χ3v) is 5.00. The number of carbonyl (C=O) groups excluding carboxylic acids is 2. The van der Waals surface area contributed by atoms with Gasteiger partial charge in [-0.2, -0.15) is 8.78 Å². The molecule has 1 atom stereocenters. The van der Waals surface area contributed by atoms with Crippen molar-refractivity contribution >= 4 is 17.8 Å². The summed E-state index contributed by atoms with van der Waals surface area (Å²) in [5.74, 6) is -14.4. The van der Waals surface area contributed by atoms with Crippen LogP contribution >= 0.6 is 0 Å². The van der Waals surface area contributed by atoms with Crippen molar-refractivity contribution < 1.29 is 45.8 Å². The lowest BCUT2D eigenvalue weighted by atomic mass is 10.1. The van der Waals surface area contributed by atoms with Gasteiger partial charge in [0.1, 0.15) is 11.5 Å². The van der Waals surface area contributed by atoms with Crippen molar-refractivity contribution in [3.63, 3.8) is 0 Å². The van der Waals surface area contributed by atoms with Gasteiger partial charge in [-0.3, -0.25) is 4.79 Å². The maximum absolute atomic E-state index is 13.8. The summed E-state index contributed by atoms with van der Waals surface area (Å²) in [5.41, 5.74) is 1.94. The Morgan fingerprint density at radius 2 is 1.60 bits per heavy atom. The molecular formula is C25H15F5O5. The summed E-state index contributed by atoms with van der Waals surface area (Å²) < 4.78 is 82.8. The number of halogens is 5. The third kappa shape index (κ3) is 4.59. The Bertz CT molecular complexity index is 1370. The Morgan fingerprint density at radius 1 is 0.943 bits per heavy atom. The summed E-state index contributed by atoms with van der Waals surface area (Å²) in [5, 5.41) is 0. The molecule has 1 aliphatic heterocycles. The first-order valence-electron chi connectivity index (χ1n) is 10.1. The molecule has 0 radical (unpaired) electrons. The van der Waals surface area contributed by atoms with Crippen LogP contribution in [0, 0.1) is 36.0 Å². The average Bonchev–Trinajstić information content (AvgIpc) is 3.13. The Labute approximate surface area is 195 Å². The van der Waals surface area contributed by atoms with Crippen LogP contribution in [-0.2, 0) is 4.79 Å². The molecule has 1 heterocycles. The summed E-state index contributed by atoms with van der Waals surface area (Å²) in [6.07, 6.45) is -0.197. The van der Waals surface area contributed by atoms with Crippen molar-refractivity contribution in [2.75, 3.05) is 0 Å². The zero-order chi connectivity index (χ0) is 25.4. The van der Waals surface area contributed by atoms with Crippen molar-refractivity contribution in [1.82, 2.24) is 0 Å². The van der Waals surface area contributed by atoms with E-state index >= 15 is 0 Å². The summed E-state index contributed by atoms with van der Waals surface area (Å²) in [7, 11) is 0. The second-order valence-corrected chi connectivity index (χ2v) is 7.59. The van der Waals surface area contributed by atoms with Crippen LogP contribution in [-0.4, -0.2) is 17.9 Å². The Balaban J connectivity index is 1.49. The minimum atomic E-state index is -2.36. The first kappa shape index (κ1) is 23.9. The maximum Gasteiger partial charge on any atom is 0.352 e. The fraction of sp³-hybridized carbons (Fsp3) is 0.120. The fourth-order valence-corrected chi connectivity index (χ4v) is 3.25. The molecular weight excluding hydrogens is 475 g/mol. The topological polar surface area (TPSA) is 61.8 Å². The van der Waals surface area contributed by atoms with Crippen molar-refractivity contribution in [3.8, 4) is 17.2 Å². The number of aryl methyl sites for hydroxylation is 1. The Kier molecular flexibility index (Phi) is 6.29. The number of allylic oxidation sites excluding steroid dienone is 1. The van der Waals surface area contributed by atoms with E-state index in [0.29, 0.717) is 0 Å². The van der Waals surface area contributed by atoms with Gasteiger partial charge in [-0.25, -0.2) is 18.0 Å². The van der Waals surface area contributed by atoms with Gasteiger partial charge in [0.15, 0.2) is 17.6 Å². The van der Waals surface area contributed by atoms with Crippen molar-refractivity contribution in [2.24, 2.45) is 0 Å². The number of esters is 1. The summed E-state index contributed by atoms with van der Waals surface area (Å²) in [6.45, 7) is 2.89. The van der Waals surface area contributed by atoms with Crippen LogP contribution in [0.5, 0.6) is 17.2 Å². The number of hydrogen-bond acceptors (Lipinski definition) is 5. The average molecular weight is 490 g/mol. The molecule has 0 fully saturated rings. The number of Topliss-reactive ketones (excluding diaryl/α,β-unsaturated/α-hetero) is 1. The molecule has 180 valence electrons. The molecule has 1 aliphatic rings. The highest BCUT2D eigenvalue weighted by atomic mass is 19.2. The second-order valence-electron chi connectivity index (χ2n) is 7.59. The molecule has 0 N–H and O–H groups in total. The van der Waals surface area contributed by atoms with Gasteiger partial charge in [0.05, 0.1) is 5.56 Å². The Hall–Kier alpha value is -4.21. The van der Waals surface area contributed by atoms with Crippen LogP contribution in [0.3, 0.4) is 0 Å². The molecule has 0 amide bonds. The molecule has 0 aliphatic carbocycles. The zero-order valence-corrected chi connectivity index (χ0v) is 18.1. The number of hydrogen-bond donors (Lipinski definition) is 0. The van der Waals surface area contributed by atoms with E-state index in [9.17, 15) is 31.5 Å². The number of ketones is 1. The Morgan fingerprint density at radius 3 is 2.26 bits per heavy atom. The molecule has 4 rings (SSSR count). The normalized spacial score (nSPS) is 14.5. The SMILES string of the molecule is Cc1cccc(/C=C2\Oc3cc(OC(=O)C(C)Oc4c(F)c(F)c(F)c(F)c4F)ccc3C2=O)c1. The molecule has 0 spiro atoms. The van der Waals surface area contributed by atoms with Gasteiger partial charge >= 0.3 is 5.97 Å². The number of rotatable bonds is 5. The highest BCUT2D eigenvalue weighted by Crippen LogP contribution is 2.35. The number of carbonyl (C=O) groups is 2. The highest BCUT2D eigenvalue weighted by molar-refractivity contribution is 6.14. The number of ether oxygens (including phenoxy) is 3. The molecule has 35 heavy (non-hydrogen) atoms. The smallest absolute Gasteiger partial charge is 0.352 e. The predicted octanol–water partition coefficient (Wildman–Crippen LogP) is 5.68. The summed E-state index contributed by atoms with van der Waals surface area (Å²) in [4.78, 5) is 24.9. The van der Waals surface area contributed by atoms with Crippen molar-refractivity contribution in [1.29, 1.82) is 0 Å². The van der Waals surface area contributed by atoms with E-state index in [1.165, 1.54) is 18.2 Å². The highest BCUT2D eigenvalue weighted by Gasteiger charge is 2.31. The number of fused-ring (bicyclic) bond motifs is 1. The summed E-state index contributed by atoms with van der Waals surface area (Å²) >= 11 is 0. The minimum Gasteiger partial charge on any atom is -0.473 e. The molecule has 0 saturated heterocycles. The van der Waals surface area contributed by atoms with Crippen LogP contribution in [0.15, 0.2) is 48.2 Å².